The van der Waals surface area contributed by atoms with Gasteiger partial charge in [0.05, 0.1) is 12.0 Å². The van der Waals surface area contributed by atoms with Gasteiger partial charge in [0.25, 0.3) is 0 Å². The van der Waals surface area contributed by atoms with Crippen LogP contribution in [0.15, 0.2) is 61.2 Å². The molecule has 2 heterocycles. The van der Waals surface area contributed by atoms with E-state index in [0.717, 1.165) is 33.9 Å². The zero-order chi connectivity index (χ0) is 24.7. The molecule has 2 aromatic heterocycles. The second kappa shape index (κ2) is 10.4. The Balaban J connectivity index is 0.00000304. The van der Waals surface area contributed by atoms with Gasteiger partial charge in [0.1, 0.15) is 5.82 Å². The Bertz CT molecular complexity index is 1500. The Morgan fingerprint density at radius 3 is 2.17 bits per heavy atom. The molecule has 0 fully saturated rings. The molecule has 184 valence electrons. The third kappa shape index (κ3) is 4.75. The molecule has 0 saturated carbocycles. The molecule has 0 radical (unpaired) electrons. The Hall–Kier alpha value is -3.23. The minimum atomic E-state index is 0. The first-order valence-corrected chi connectivity index (χ1v) is 12.0. The van der Waals surface area contributed by atoms with Gasteiger partial charge in [-0.15, -0.1) is 71.3 Å². The zero-order valence-electron chi connectivity index (χ0n) is 21.6. The van der Waals surface area contributed by atoms with Gasteiger partial charge in [0.2, 0.25) is 0 Å². The van der Waals surface area contributed by atoms with Crippen molar-refractivity contribution >= 4 is 0 Å². The van der Waals surface area contributed by atoms with Crippen LogP contribution in [0.5, 0.6) is 0 Å². The molecule has 0 aliphatic rings. The summed E-state index contributed by atoms with van der Waals surface area (Å²) in [5.41, 5.74) is 12.8. The average molecular weight is 654 g/mol. The molecule has 0 N–H and O–H groups in total. The number of nitrogens with zero attached hydrogens (tertiary/aromatic N) is 4. The fraction of sp³-hybridized carbons (Fsp3) is 0.226. The van der Waals surface area contributed by atoms with Crippen molar-refractivity contribution in [3.8, 4) is 28.2 Å². The van der Waals surface area contributed by atoms with Gasteiger partial charge in [-0.1, -0.05) is 0 Å². The first-order valence-electron chi connectivity index (χ1n) is 12.0. The Kier molecular flexibility index (Phi) is 7.47. The summed E-state index contributed by atoms with van der Waals surface area (Å²) in [6, 6.07) is 21.0. The molecular weight excluding hydrogens is 623 g/mol. The minimum absolute atomic E-state index is 0. The smallest absolute Gasteiger partial charge is 0.347 e. The molecule has 0 unspecified atom stereocenters. The van der Waals surface area contributed by atoms with Crippen LogP contribution in [0.2, 0.25) is 0 Å². The molecule has 0 bridgehead atoms. The summed E-state index contributed by atoms with van der Waals surface area (Å²) in [5.74, 6) is 0.994. The zero-order valence-corrected chi connectivity index (χ0v) is 23.9. The van der Waals surface area contributed by atoms with E-state index >= 15 is 0 Å². The largest absolute Gasteiger partial charge is 2.00 e. The van der Waals surface area contributed by atoms with Gasteiger partial charge in [0.15, 0.2) is 0 Å². The maximum Gasteiger partial charge on any atom is 2.00 e. The second-order valence-electron chi connectivity index (χ2n) is 9.34. The summed E-state index contributed by atoms with van der Waals surface area (Å²) in [7, 11) is 2.04. The summed E-state index contributed by atoms with van der Waals surface area (Å²) in [6.07, 6.45) is 6.79. The Morgan fingerprint density at radius 1 is 0.778 bits per heavy atom. The molecule has 0 atom stereocenters. The molecule has 0 amide bonds. The maximum atomic E-state index is 4.86. The quantitative estimate of drug-likeness (QED) is 0.199. The number of benzene rings is 3. The summed E-state index contributed by atoms with van der Waals surface area (Å²) < 4.78 is 4.24. The standard InChI is InChI=1S/C31H30N4.Pt/c1-20-21(2)23(4)31(24(5)22(20)3)35-18-28(32-19-35)27-14-10-11-25(15-27)16-30-33-29(17-34(30)6)26-12-8-7-9-13-26;/h7-12,14,17-19H,16H2,1-6H3;/q-2;+2. The van der Waals surface area contributed by atoms with Crippen LogP contribution < -0.4 is 0 Å². The molecule has 0 aliphatic carbocycles. The molecule has 0 aliphatic heterocycles. The van der Waals surface area contributed by atoms with Crippen LogP contribution in [-0.4, -0.2) is 19.1 Å². The third-order valence-electron chi connectivity index (χ3n) is 7.24. The predicted molar refractivity (Wildman–Crippen MR) is 142 cm³/mol. The van der Waals surface area contributed by atoms with Crippen LogP contribution in [0.1, 0.15) is 39.2 Å². The van der Waals surface area contributed by atoms with Gasteiger partial charge in [-0.05, 0) is 74.8 Å². The van der Waals surface area contributed by atoms with Crippen molar-refractivity contribution in [2.45, 2.75) is 41.0 Å². The van der Waals surface area contributed by atoms with Crippen molar-refractivity contribution in [1.29, 1.82) is 0 Å². The topological polar surface area (TPSA) is 35.6 Å². The molecule has 4 nitrogen and oxygen atoms in total. The summed E-state index contributed by atoms with van der Waals surface area (Å²) in [4.78, 5) is 9.60. The molecule has 36 heavy (non-hydrogen) atoms. The van der Waals surface area contributed by atoms with E-state index in [1.54, 1.807) is 0 Å². The van der Waals surface area contributed by atoms with E-state index in [1.807, 2.05) is 37.6 Å². The van der Waals surface area contributed by atoms with E-state index in [1.165, 1.54) is 33.5 Å². The number of hydrogen-bond acceptors (Lipinski definition) is 2. The number of aromatic nitrogens is 4. The summed E-state index contributed by atoms with van der Waals surface area (Å²) >= 11 is 0. The van der Waals surface area contributed by atoms with Crippen LogP contribution in [0.3, 0.4) is 0 Å². The van der Waals surface area contributed by atoms with Crippen LogP contribution >= 0.6 is 0 Å². The predicted octanol–water partition coefficient (Wildman–Crippen LogP) is 6.67. The van der Waals surface area contributed by atoms with Gasteiger partial charge >= 0.3 is 21.1 Å². The number of hydrogen-bond donors (Lipinski definition) is 0. The monoisotopic (exact) mass is 653 g/mol. The van der Waals surface area contributed by atoms with Crippen LogP contribution in [-0.2, 0) is 34.5 Å². The van der Waals surface area contributed by atoms with E-state index in [2.05, 4.69) is 86.5 Å². The van der Waals surface area contributed by atoms with Crippen LogP contribution in [0.4, 0.5) is 0 Å². The number of aryl methyl sites for hydroxylation is 1. The Morgan fingerprint density at radius 2 is 1.47 bits per heavy atom. The molecule has 5 aromatic rings. The van der Waals surface area contributed by atoms with Crippen molar-refractivity contribution < 1.29 is 21.1 Å². The van der Waals surface area contributed by atoms with Crippen molar-refractivity contribution in [3.05, 3.63) is 113 Å². The van der Waals surface area contributed by atoms with Crippen molar-refractivity contribution in [2.75, 3.05) is 0 Å². The molecular formula is C31H30N4Pt. The molecule has 5 rings (SSSR count). The van der Waals surface area contributed by atoms with Gasteiger partial charge in [0, 0.05) is 24.9 Å². The molecule has 0 saturated heterocycles. The first kappa shape index (κ1) is 25.8. The van der Waals surface area contributed by atoms with E-state index < -0.39 is 0 Å². The average Bonchev–Trinajstić information content (AvgIpc) is 3.50. The van der Waals surface area contributed by atoms with Gasteiger partial charge in [-0.25, -0.2) is 0 Å². The van der Waals surface area contributed by atoms with Gasteiger partial charge in [-0.3, -0.25) is 9.97 Å². The summed E-state index contributed by atoms with van der Waals surface area (Å²) in [6.45, 7) is 11.0. The number of rotatable bonds is 5. The molecule has 3 aromatic carbocycles. The van der Waals surface area contributed by atoms with Crippen molar-refractivity contribution in [3.63, 3.8) is 0 Å². The summed E-state index contributed by atoms with van der Waals surface area (Å²) in [5, 5.41) is 0. The van der Waals surface area contributed by atoms with Crippen molar-refractivity contribution in [2.24, 2.45) is 7.05 Å². The number of imidazole rings is 2. The van der Waals surface area contributed by atoms with E-state index in [-0.39, 0.29) is 21.1 Å². The van der Waals surface area contributed by atoms with Crippen LogP contribution in [0.25, 0.3) is 28.2 Å². The van der Waals surface area contributed by atoms with Gasteiger partial charge in [-0.2, -0.15) is 0 Å². The molecule has 0 spiro atoms. The fourth-order valence-electron chi connectivity index (χ4n) is 4.74. The minimum Gasteiger partial charge on any atom is -0.347 e. The van der Waals surface area contributed by atoms with E-state index in [9.17, 15) is 0 Å². The second-order valence-corrected chi connectivity index (χ2v) is 9.34. The Labute approximate surface area is 228 Å². The van der Waals surface area contributed by atoms with E-state index in [0.29, 0.717) is 6.42 Å². The first-order chi connectivity index (χ1) is 16.8. The van der Waals surface area contributed by atoms with Crippen LogP contribution in [0, 0.1) is 46.8 Å². The van der Waals surface area contributed by atoms with Gasteiger partial charge < -0.3 is 9.13 Å². The third-order valence-corrected chi connectivity index (χ3v) is 7.24. The molecule has 5 heteroatoms. The van der Waals surface area contributed by atoms with E-state index in [4.69, 9.17) is 9.97 Å². The fourth-order valence-corrected chi connectivity index (χ4v) is 4.74. The van der Waals surface area contributed by atoms with Crippen molar-refractivity contribution in [1.82, 2.24) is 19.1 Å². The maximum absolute atomic E-state index is 4.86. The SMILES string of the molecule is Cc1c(C)c(C)c(-n2cnc(-c3[c-]c(Cc4nc(-c5[c-]cccc5)cn4C)ccc3)c2)c(C)c1C.[Pt+2]. The normalized spacial score (nSPS) is 10.9.